The van der Waals surface area contributed by atoms with Gasteiger partial charge in [0.15, 0.2) is 11.6 Å². The number of halogens is 1. The number of carbonyl (C=O) groups is 3. The van der Waals surface area contributed by atoms with Gasteiger partial charge >= 0.3 is 0 Å². The van der Waals surface area contributed by atoms with Crippen molar-refractivity contribution in [1.82, 2.24) is 25.2 Å². The van der Waals surface area contributed by atoms with E-state index < -0.39 is 18.0 Å². The Hall–Kier alpha value is -4.39. The molecule has 2 aromatic carbocycles. The van der Waals surface area contributed by atoms with E-state index in [-0.39, 0.29) is 30.3 Å². The quantitative estimate of drug-likeness (QED) is 0.110. The fourth-order valence-corrected chi connectivity index (χ4v) is 8.95. The number of nitrogens with zero attached hydrogens (tertiary/aromatic N) is 3. The molecule has 6 rings (SSSR count). The molecule has 0 bridgehead atoms. The number of ketones is 2. The Labute approximate surface area is 332 Å². The highest BCUT2D eigenvalue weighted by Crippen LogP contribution is 2.42. The SMILES string of the molecule is CN1C(=O)[C@H](CCCCN)CC(=O)[C@H](CCCN)NCc2ccccc2Sc2c(-c3cccnc3)ncc(Cl)c2CCC(=O)[C@@H]1Cc1c[nH]c2ccccc12. The predicted molar refractivity (Wildman–Crippen MR) is 220 cm³/mol. The molecule has 0 unspecified atom stereocenters. The minimum atomic E-state index is -0.782. The minimum absolute atomic E-state index is 0.0397. The summed E-state index contributed by atoms with van der Waals surface area (Å²) in [5.74, 6) is -0.951. The number of pyridine rings is 2. The zero-order chi connectivity index (χ0) is 38.7. The molecule has 6 N–H and O–H groups in total. The standard InChI is InChI=1S/C43H50ClN7O3S/c1-51-37(22-31-26-48-35-14-4-3-13-32(31)35)38(52)18-17-33-34(44)27-50-41(30-12-9-21-47-24-30)42(33)55-40-16-5-2-11-29(40)25-49-36(15-8-20-46)39(53)23-28(43(51)54)10-6-7-19-45/h2-5,9,11-14,16,21,24,26-28,36-37,48-49H,6-8,10,15,17-20,22-23,25,45-46H2,1H3/t28-,36+,37+/m1/s1. The van der Waals surface area contributed by atoms with Crippen LogP contribution in [0.25, 0.3) is 22.2 Å². The number of nitrogens with two attached hydrogens (primary N) is 2. The summed E-state index contributed by atoms with van der Waals surface area (Å²) in [5.41, 5.74) is 17.0. The molecule has 10 nitrogen and oxygen atoms in total. The van der Waals surface area contributed by atoms with Crippen molar-refractivity contribution in [3.63, 3.8) is 0 Å². The number of H-pyrrole nitrogens is 1. The van der Waals surface area contributed by atoms with Crippen molar-refractivity contribution in [3.8, 4) is 11.3 Å². The summed E-state index contributed by atoms with van der Waals surface area (Å²) in [7, 11) is 1.70. The van der Waals surface area contributed by atoms with Crippen LogP contribution in [0.4, 0.5) is 0 Å². The van der Waals surface area contributed by atoms with Gasteiger partial charge in [0.25, 0.3) is 0 Å². The lowest BCUT2D eigenvalue weighted by Gasteiger charge is -2.31. The number of para-hydroxylation sites is 1. The van der Waals surface area contributed by atoms with E-state index in [0.717, 1.165) is 49.4 Å². The summed E-state index contributed by atoms with van der Waals surface area (Å²) >= 11 is 8.53. The maximum Gasteiger partial charge on any atom is 0.226 e. The molecule has 0 saturated heterocycles. The number of aromatic nitrogens is 3. The van der Waals surface area contributed by atoms with Gasteiger partial charge < -0.3 is 26.7 Å². The van der Waals surface area contributed by atoms with Crippen LogP contribution >= 0.6 is 23.4 Å². The molecule has 12 heteroatoms. The summed E-state index contributed by atoms with van der Waals surface area (Å²) in [6.45, 7) is 1.36. The zero-order valence-corrected chi connectivity index (χ0v) is 32.9. The third-order valence-corrected chi connectivity index (χ3v) is 12.1. The molecule has 5 aromatic rings. The Balaban J connectivity index is 1.46. The fourth-order valence-electron chi connectivity index (χ4n) is 7.42. The number of Topliss-reactive ketones (excluding diaryl/α,β-unsaturated/α-hetero) is 2. The van der Waals surface area contributed by atoms with Crippen LogP contribution in [-0.2, 0) is 33.8 Å². The number of rotatable bonds is 10. The molecular weight excluding hydrogens is 730 g/mol. The number of amides is 1. The van der Waals surface area contributed by atoms with E-state index in [1.807, 2.05) is 66.9 Å². The minimum Gasteiger partial charge on any atom is -0.361 e. The number of fused-ring (bicyclic) bond motifs is 3. The maximum atomic E-state index is 14.7. The Morgan fingerprint density at radius 2 is 1.71 bits per heavy atom. The first-order chi connectivity index (χ1) is 26.8. The molecule has 3 atom stereocenters. The second-order valence-electron chi connectivity index (χ2n) is 14.2. The van der Waals surface area contributed by atoms with E-state index >= 15 is 0 Å². The van der Waals surface area contributed by atoms with Gasteiger partial charge in [-0.2, -0.15) is 0 Å². The molecule has 0 aliphatic carbocycles. The van der Waals surface area contributed by atoms with Gasteiger partial charge in [0.05, 0.1) is 22.8 Å². The molecule has 0 spiro atoms. The number of carbonyl (C=O) groups excluding carboxylic acids is 3. The first-order valence-electron chi connectivity index (χ1n) is 19.1. The van der Waals surface area contributed by atoms with Gasteiger partial charge in [-0.25, -0.2) is 0 Å². The van der Waals surface area contributed by atoms with E-state index in [9.17, 15) is 14.4 Å². The van der Waals surface area contributed by atoms with Crippen molar-refractivity contribution in [2.75, 3.05) is 20.1 Å². The first kappa shape index (κ1) is 40.3. The molecule has 288 valence electrons. The highest BCUT2D eigenvalue weighted by Gasteiger charge is 2.34. The first-order valence-corrected chi connectivity index (χ1v) is 20.3. The number of hydrogen-bond acceptors (Lipinski definition) is 9. The molecular formula is C43H50ClN7O3S. The van der Waals surface area contributed by atoms with E-state index in [0.29, 0.717) is 68.9 Å². The van der Waals surface area contributed by atoms with Gasteiger partial charge in [-0.05, 0) is 86.1 Å². The van der Waals surface area contributed by atoms with Crippen LogP contribution in [0, 0.1) is 5.92 Å². The Morgan fingerprint density at radius 1 is 0.909 bits per heavy atom. The number of aromatic amines is 1. The zero-order valence-electron chi connectivity index (χ0n) is 31.3. The fraction of sp³-hybridized carbons (Fsp3) is 0.372. The predicted octanol–water partition coefficient (Wildman–Crippen LogP) is 6.92. The lowest BCUT2D eigenvalue weighted by Crippen LogP contribution is -2.47. The van der Waals surface area contributed by atoms with E-state index in [1.54, 1.807) is 42.3 Å². The summed E-state index contributed by atoms with van der Waals surface area (Å²) in [6.07, 6.45) is 11.0. The van der Waals surface area contributed by atoms with Gasteiger partial charge in [0, 0.05) is 89.8 Å². The topological polar surface area (TPSA) is 160 Å². The number of benzene rings is 2. The molecule has 0 radical (unpaired) electrons. The second kappa shape index (κ2) is 19.5. The lowest BCUT2D eigenvalue weighted by atomic mass is 9.89. The van der Waals surface area contributed by atoms with E-state index in [1.165, 1.54) is 0 Å². The van der Waals surface area contributed by atoms with Crippen LogP contribution in [0.2, 0.25) is 5.02 Å². The number of likely N-dealkylation sites (N-methyl/N-ethyl adjacent to an activating group) is 1. The van der Waals surface area contributed by atoms with Crippen molar-refractivity contribution in [2.45, 2.75) is 86.2 Å². The molecule has 3 aromatic heterocycles. The van der Waals surface area contributed by atoms with Gasteiger partial charge in [-0.15, -0.1) is 0 Å². The lowest BCUT2D eigenvalue weighted by molar-refractivity contribution is -0.143. The van der Waals surface area contributed by atoms with Gasteiger partial charge in [-0.3, -0.25) is 24.4 Å². The van der Waals surface area contributed by atoms with Crippen LogP contribution in [-0.4, -0.2) is 69.5 Å². The van der Waals surface area contributed by atoms with Gasteiger partial charge in [0.1, 0.15) is 0 Å². The summed E-state index contributed by atoms with van der Waals surface area (Å²) < 4.78 is 0. The van der Waals surface area contributed by atoms with Crippen molar-refractivity contribution in [1.29, 1.82) is 0 Å². The average molecular weight is 780 g/mol. The number of hydrogen-bond donors (Lipinski definition) is 4. The molecule has 1 aliphatic rings. The third-order valence-electron chi connectivity index (χ3n) is 10.5. The highest BCUT2D eigenvalue weighted by atomic mass is 35.5. The van der Waals surface area contributed by atoms with Crippen LogP contribution in [0.15, 0.2) is 95.2 Å². The number of unbranched alkanes of at least 4 members (excludes halogenated alkanes) is 1. The van der Waals surface area contributed by atoms with Crippen molar-refractivity contribution in [3.05, 3.63) is 107 Å². The van der Waals surface area contributed by atoms with Crippen LogP contribution < -0.4 is 16.8 Å². The molecule has 4 heterocycles. The average Bonchev–Trinajstić information content (AvgIpc) is 3.62. The highest BCUT2D eigenvalue weighted by molar-refractivity contribution is 7.99. The summed E-state index contributed by atoms with van der Waals surface area (Å²) in [5, 5.41) is 5.00. The second-order valence-corrected chi connectivity index (χ2v) is 15.7. The Kier molecular flexibility index (Phi) is 14.3. The van der Waals surface area contributed by atoms with Gasteiger partial charge in [-0.1, -0.05) is 66.2 Å². The van der Waals surface area contributed by atoms with Crippen LogP contribution in [0.1, 0.15) is 61.6 Å². The maximum absolute atomic E-state index is 14.7. The molecule has 0 saturated carbocycles. The summed E-state index contributed by atoms with van der Waals surface area (Å²) in [4.78, 5) is 59.4. The van der Waals surface area contributed by atoms with Crippen molar-refractivity contribution >= 4 is 51.7 Å². The van der Waals surface area contributed by atoms with Crippen molar-refractivity contribution in [2.24, 2.45) is 17.4 Å². The normalized spacial score (nSPS) is 18.9. The smallest absolute Gasteiger partial charge is 0.226 e. The molecule has 55 heavy (non-hydrogen) atoms. The molecule has 0 fully saturated rings. The van der Waals surface area contributed by atoms with Crippen LogP contribution in [0.5, 0.6) is 0 Å². The van der Waals surface area contributed by atoms with Crippen LogP contribution in [0.3, 0.4) is 0 Å². The third kappa shape index (κ3) is 9.89. The monoisotopic (exact) mass is 779 g/mol. The van der Waals surface area contributed by atoms with E-state index in [4.69, 9.17) is 28.1 Å². The van der Waals surface area contributed by atoms with Gasteiger partial charge in [0.2, 0.25) is 5.91 Å². The van der Waals surface area contributed by atoms with E-state index in [2.05, 4.69) is 15.3 Å². The Morgan fingerprint density at radius 3 is 2.51 bits per heavy atom. The largest absolute Gasteiger partial charge is 0.361 e. The van der Waals surface area contributed by atoms with Crippen molar-refractivity contribution < 1.29 is 14.4 Å². The number of nitrogens with one attached hydrogen (secondary N) is 2. The Bertz CT molecular complexity index is 2090. The summed E-state index contributed by atoms with van der Waals surface area (Å²) in [6, 6.07) is 18.5. The molecule has 1 amide bonds. The molecule has 1 aliphatic heterocycles.